The van der Waals surface area contributed by atoms with E-state index in [-0.39, 0.29) is 29.5 Å². The molecule has 0 unspecified atom stereocenters. The number of likely N-dealkylation sites (tertiary alicyclic amines) is 1. The predicted molar refractivity (Wildman–Crippen MR) is 116 cm³/mol. The third kappa shape index (κ3) is 7.81. The van der Waals surface area contributed by atoms with Crippen molar-refractivity contribution in [3.63, 3.8) is 0 Å². The van der Waals surface area contributed by atoms with Crippen LogP contribution in [0.2, 0.25) is 0 Å². The van der Waals surface area contributed by atoms with Gasteiger partial charge in [0.2, 0.25) is 0 Å². The second kappa shape index (κ2) is 11.6. The Morgan fingerprint density at radius 1 is 1.32 bits per heavy atom. The number of piperidine rings is 1. The van der Waals surface area contributed by atoms with Gasteiger partial charge in [-0.25, -0.2) is 0 Å². The van der Waals surface area contributed by atoms with E-state index in [4.69, 9.17) is 9.41 Å². The number of guanidine groups is 1. The first kappa shape index (κ1) is 22.0. The van der Waals surface area contributed by atoms with Crippen LogP contribution in [0.3, 0.4) is 0 Å². The Kier molecular flexibility index (Phi) is 10.2. The Morgan fingerprint density at radius 3 is 2.72 bits per heavy atom. The molecule has 1 aromatic heterocycles. The molecule has 142 valence electrons. The highest BCUT2D eigenvalue weighted by Gasteiger charge is 2.27. The molecule has 0 saturated carbocycles. The van der Waals surface area contributed by atoms with Crippen LogP contribution in [0.5, 0.6) is 0 Å². The lowest BCUT2D eigenvalue weighted by Crippen LogP contribution is -2.49. The Morgan fingerprint density at radius 2 is 2.08 bits per heavy atom. The number of furan rings is 1. The van der Waals surface area contributed by atoms with E-state index in [9.17, 15) is 0 Å². The molecule has 2 heterocycles. The van der Waals surface area contributed by atoms with Gasteiger partial charge >= 0.3 is 0 Å². The van der Waals surface area contributed by atoms with E-state index in [1.165, 1.54) is 32.4 Å². The van der Waals surface area contributed by atoms with Crippen molar-refractivity contribution >= 4 is 29.9 Å². The smallest absolute Gasteiger partial charge is 0.191 e. The van der Waals surface area contributed by atoms with Crippen LogP contribution in [0.4, 0.5) is 0 Å². The number of nitrogens with one attached hydrogen (secondary N) is 2. The summed E-state index contributed by atoms with van der Waals surface area (Å²) < 4.78 is 5.37. The summed E-state index contributed by atoms with van der Waals surface area (Å²) in [5, 5.41) is 6.68. The maximum atomic E-state index is 5.37. The molecule has 1 aliphatic heterocycles. The number of hydrogen-bond acceptors (Lipinski definition) is 3. The van der Waals surface area contributed by atoms with E-state index in [0.717, 1.165) is 31.2 Å². The van der Waals surface area contributed by atoms with E-state index < -0.39 is 0 Å². The molecule has 0 atom stereocenters. The molecule has 5 nitrogen and oxygen atoms in total. The normalized spacial score (nSPS) is 16.2. The number of rotatable bonds is 8. The van der Waals surface area contributed by atoms with Crippen molar-refractivity contribution in [1.29, 1.82) is 0 Å². The number of nitrogens with zero attached hydrogens (tertiary/aromatic N) is 2. The van der Waals surface area contributed by atoms with Gasteiger partial charge in [-0.1, -0.05) is 12.5 Å². The van der Waals surface area contributed by atoms with Gasteiger partial charge in [0.1, 0.15) is 5.76 Å². The summed E-state index contributed by atoms with van der Waals surface area (Å²) in [5.41, 5.74) is 0.0875. The average Bonchev–Trinajstić information content (AvgIpc) is 3.11. The zero-order valence-corrected chi connectivity index (χ0v) is 17.9. The highest BCUT2D eigenvalue weighted by Crippen LogP contribution is 2.20. The second-order valence-corrected chi connectivity index (χ2v) is 6.95. The summed E-state index contributed by atoms with van der Waals surface area (Å²) in [6, 6.07) is 3.91. The Bertz CT molecular complexity index is 508. The molecule has 0 bridgehead atoms. The van der Waals surface area contributed by atoms with Gasteiger partial charge in [-0.3, -0.25) is 9.89 Å². The van der Waals surface area contributed by atoms with Crippen LogP contribution in [0.1, 0.15) is 38.9 Å². The van der Waals surface area contributed by atoms with Crippen molar-refractivity contribution in [3.05, 3.63) is 36.8 Å². The fourth-order valence-corrected chi connectivity index (χ4v) is 2.97. The topological polar surface area (TPSA) is 52.8 Å². The maximum absolute atomic E-state index is 5.37. The molecular formula is C19H33IN4O. The molecular weight excluding hydrogens is 427 g/mol. The summed E-state index contributed by atoms with van der Waals surface area (Å²) in [4.78, 5) is 7.36. The molecule has 6 heteroatoms. The van der Waals surface area contributed by atoms with E-state index in [1.54, 1.807) is 6.26 Å². The quantitative estimate of drug-likeness (QED) is 0.270. The molecule has 1 fully saturated rings. The first-order valence-electron chi connectivity index (χ1n) is 9.02. The molecule has 2 rings (SSSR count). The highest BCUT2D eigenvalue weighted by atomic mass is 127. The minimum Gasteiger partial charge on any atom is -0.469 e. The van der Waals surface area contributed by atoms with E-state index in [0.29, 0.717) is 6.54 Å². The number of aliphatic imine (C=N–C) groups is 1. The minimum absolute atomic E-state index is 0. The van der Waals surface area contributed by atoms with Crippen molar-refractivity contribution in [2.45, 2.75) is 45.1 Å². The van der Waals surface area contributed by atoms with E-state index in [2.05, 4.69) is 36.0 Å². The van der Waals surface area contributed by atoms with Gasteiger partial charge in [-0.15, -0.1) is 30.6 Å². The van der Waals surface area contributed by atoms with Crippen LogP contribution in [-0.2, 0) is 6.42 Å². The maximum Gasteiger partial charge on any atom is 0.191 e. The summed E-state index contributed by atoms with van der Waals surface area (Å²) in [6.45, 7) is 13.0. The third-order valence-electron chi connectivity index (χ3n) is 4.49. The van der Waals surface area contributed by atoms with E-state index >= 15 is 0 Å². The monoisotopic (exact) mass is 460 g/mol. The lowest BCUT2D eigenvalue weighted by atomic mass is 9.99. The summed E-state index contributed by atoms with van der Waals surface area (Å²) in [5.74, 6) is 1.82. The van der Waals surface area contributed by atoms with Crippen molar-refractivity contribution in [3.8, 4) is 0 Å². The fourth-order valence-electron chi connectivity index (χ4n) is 2.97. The highest BCUT2D eigenvalue weighted by molar-refractivity contribution is 14.0. The Labute approximate surface area is 169 Å². The fraction of sp³-hybridized carbons (Fsp3) is 0.632. The van der Waals surface area contributed by atoms with Gasteiger partial charge in [0.05, 0.1) is 12.8 Å². The van der Waals surface area contributed by atoms with Crippen molar-refractivity contribution in [1.82, 2.24) is 15.5 Å². The van der Waals surface area contributed by atoms with Crippen molar-refractivity contribution in [2.75, 3.05) is 32.7 Å². The first-order valence-corrected chi connectivity index (χ1v) is 9.02. The Balaban J connectivity index is 0.00000312. The molecule has 1 saturated heterocycles. The molecule has 0 aromatic carbocycles. The molecule has 2 N–H and O–H groups in total. The van der Waals surface area contributed by atoms with Gasteiger partial charge in [0.15, 0.2) is 5.96 Å². The van der Waals surface area contributed by atoms with Crippen LogP contribution in [-0.4, -0.2) is 49.1 Å². The lowest BCUT2D eigenvalue weighted by Gasteiger charge is -2.40. The lowest BCUT2D eigenvalue weighted by molar-refractivity contribution is 0.102. The average molecular weight is 460 g/mol. The van der Waals surface area contributed by atoms with Crippen LogP contribution in [0, 0.1) is 0 Å². The van der Waals surface area contributed by atoms with E-state index in [1.807, 2.05) is 18.2 Å². The minimum atomic E-state index is 0. The van der Waals surface area contributed by atoms with Gasteiger partial charge in [0, 0.05) is 25.0 Å². The molecule has 1 aromatic rings. The molecule has 0 radical (unpaired) electrons. The molecule has 25 heavy (non-hydrogen) atoms. The SMILES string of the molecule is C=CCNC(=NCC(C)(C)N1CCCCC1)NCCc1ccco1.I. The zero-order valence-electron chi connectivity index (χ0n) is 15.6. The molecule has 1 aliphatic rings. The third-order valence-corrected chi connectivity index (χ3v) is 4.49. The van der Waals surface area contributed by atoms with Gasteiger partial charge < -0.3 is 15.1 Å². The standard InChI is InChI=1S/C19H32N4O.HI/c1-4-11-20-18(21-12-10-17-9-8-15-24-17)22-16-19(2,3)23-13-6-5-7-14-23;/h4,8-9,15H,1,5-7,10-14,16H2,2-3H3,(H2,20,21,22);1H. The predicted octanol–water partition coefficient (Wildman–Crippen LogP) is 3.43. The Hall–Kier alpha value is -1.02. The first-order chi connectivity index (χ1) is 11.6. The van der Waals surface area contributed by atoms with Crippen molar-refractivity contribution in [2.24, 2.45) is 4.99 Å². The largest absolute Gasteiger partial charge is 0.469 e. The zero-order chi connectivity index (χ0) is 17.3. The van der Waals surface area contributed by atoms with Crippen molar-refractivity contribution < 1.29 is 4.42 Å². The van der Waals surface area contributed by atoms with Crippen LogP contribution < -0.4 is 10.6 Å². The molecule has 0 spiro atoms. The van der Waals surface area contributed by atoms with Crippen LogP contribution in [0.15, 0.2) is 40.5 Å². The second-order valence-electron chi connectivity index (χ2n) is 6.95. The van der Waals surface area contributed by atoms with Gasteiger partial charge in [-0.2, -0.15) is 0 Å². The number of hydrogen-bond donors (Lipinski definition) is 2. The number of halogens is 1. The van der Waals surface area contributed by atoms with Crippen LogP contribution in [0.25, 0.3) is 0 Å². The summed E-state index contributed by atoms with van der Waals surface area (Å²) in [6.07, 6.45) is 8.36. The van der Waals surface area contributed by atoms with Crippen LogP contribution >= 0.6 is 24.0 Å². The van der Waals surface area contributed by atoms with Gasteiger partial charge in [0.25, 0.3) is 0 Å². The van der Waals surface area contributed by atoms with Gasteiger partial charge in [-0.05, 0) is 51.9 Å². The summed E-state index contributed by atoms with van der Waals surface area (Å²) >= 11 is 0. The molecule has 0 amide bonds. The molecule has 0 aliphatic carbocycles. The summed E-state index contributed by atoms with van der Waals surface area (Å²) in [7, 11) is 0.